The van der Waals surface area contributed by atoms with E-state index in [2.05, 4.69) is 34.5 Å². The van der Waals surface area contributed by atoms with Crippen LogP contribution in [-0.4, -0.2) is 32.8 Å². The zero-order chi connectivity index (χ0) is 18.3. The molecule has 0 unspecified atom stereocenters. The molecule has 0 fully saturated rings. The van der Waals surface area contributed by atoms with Gasteiger partial charge in [-0.3, -0.25) is 9.36 Å². The van der Waals surface area contributed by atoms with Gasteiger partial charge in [0.05, 0.1) is 37.7 Å². The molecular weight excluding hydrogens is 336 g/mol. The van der Waals surface area contributed by atoms with Gasteiger partial charge in [0, 0.05) is 23.5 Å². The van der Waals surface area contributed by atoms with Crippen molar-refractivity contribution in [3.63, 3.8) is 0 Å². The molecule has 0 spiro atoms. The number of ether oxygens (including phenoxy) is 1. The fraction of sp³-hybridized carbons (Fsp3) is 0.182. The first-order valence-corrected chi connectivity index (χ1v) is 9.14. The summed E-state index contributed by atoms with van der Waals surface area (Å²) in [5.41, 5.74) is 4.23. The Balaban J connectivity index is 1.21. The highest BCUT2D eigenvalue weighted by Gasteiger charge is 2.03. The Morgan fingerprint density at radius 3 is 1.48 bits per heavy atom. The van der Waals surface area contributed by atoms with Gasteiger partial charge in [-0.15, -0.1) is 0 Å². The summed E-state index contributed by atoms with van der Waals surface area (Å²) in [6.45, 7) is 2.73. The molecule has 0 aliphatic heterocycles. The van der Waals surface area contributed by atoms with Gasteiger partial charge in [0.1, 0.15) is 0 Å². The lowest BCUT2D eigenvalue weighted by atomic mass is 10.2. The summed E-state index contributed by atoms with van der Waals surface area (Å²) in [6, 6.07) is 24.4. The molecule has 0 saturated carbocycles. The van der Waals surface area contributed by atoms with Crippen LogP contribution in [0.1, 0.15) is 0 Å². The van der Waals surface area contributed by atoms with Crippen molar-refractivity contribution in [3.8, 4) is 22.5 Å². The molecule has 0 aliphatic carbocycles. The van der Waals surface area contributed by atoms with Crippen molar-refractivity contribution < 1.29 is 4.74 Å². The summed E-state index contributed by atoms with van der Waals surface area (Å²) in [4.78, 5) is 0. The van der Waals surface area contributed by atoms with Crippen molar-refractivity contribution in [3.05, 3.63) is 85.2 Å². The number of benzene rings is 2. The minimum atomic E-state index is 0.628. The molecule has 0 saturated heterocycles. The van der Waals surface area contributed by atoms with E-state index in [1.54, 1.807) is 0 Å². The van der Waals surface area contributed by atoms with Crippen molar-refractivity contribution in [2.75, 3.05) is 13.2 Å². The van der Waals surface area contributed by atoms with Crippen molar-refractivity contribution in [2.24, 2.45) is 0 Å². The summed E-state index contributed by atoms with van der Waals surface area (Å²) >= 11 is 0. The van der Waals surface area contributed by atoms with Gasteiger partial charge in [-0.1, -0.05) is 60.7 Å². The van der Waals surface area contributed by atoms with Crippen LogP contribution in [0.15, 0.2) is 85.2 Å². The summed E-state index contributed by atoms with van der Waals surface area (Å²) in [5, 5.41) is 9.18. The molecule has 5 heteroatoms. The molecule has 2 aromatic carbocycles. The molecule has 2 heterocycles. The van der Waals surface area contributed by atoms with Gasteiger partial charge in [-0.25, -0.2) is 0 Å². The summed E-state index contributed by atoms with van der Waals surface area (Å²) in [7, 11) is 0. The molecule has 2 aromatic heterocycles. The quantitative estimate of drug-likeness (QED) is 0.445. The summed E-state index contributed by atoms with van der Waals surface area (Å²) < 4.78 is 9.59. The first-order chi connectivity index (χ1) is 13.4. The van der Waals surface area contributed by atoms with E-state index in [1.807, 2.05) is 70.3 Å². The van der Waals surface area contributed by atoms with Crippen molar-refractivity contribution in [2.45, 2.75) is 13.1 Å². The maximum Gasteiger partial charge on any atom is 0.0923 e. The number of nitrogens with zero attached hydrogens (tertiary/aromatic N) is 4. The van der Waals surface area contributed by atoms with Crippen LogP contribution in [0.4, 0.5) is 0 Å². The van der Waals surface area contributed by atoms with E-state index in [9.17, 15) is 0 Å². The van der Waals surface area contributed by atoms with Crippen molar-refractivity contribution >= 4 is 0 Å². The SMILES string of the molecule is c1ccc(-c2ccn(CCOCCn3ccc(-c4ccccc4)n3)n2)cc1. The average Bonchev–Trinajstić information content (AvgIpc) is 3.39. The van der Waals surface area contributed by atoms with E-state index in [1.165, 1.54) is 0 Å². The van der Waals surface area contributed by atoms with Crippen LogP contribution in [0.2, 0.25) is 0 Å². The third-order valence-electron chi connectivity index (χ3n) is 4.35. The van der Waals surface area contributed by atoms with Crippen LogP contribution in [-0.2, 0) is 17.8 Å². The highest BCUT2D eigenvalue weighted by molar-refractivity contribution is 5.58. The molecule has 27 heavy (non-hydrogen) atoms. The maximum atomic E-state index is 5.75. The lowest BCUT2D eigenvalue weighted by Crippen LogP contribution is -2.11. The standard InChI is InChI=1S/C22H22N4O/c1-3-7-19(8-4-1)21-11-13-25(23-21)15-17-27-18-16-26-14-12-22(24-26)20-9-5-2-6-10-20/h1-14H,15-18H2. The van der Waals surface area contributed by atoms with Gasteiger partial charge in [-0.05, 0) is 12.1 Å². The van der Waals surface area contributed by atoms with E-state index < -0.39 is 0 Å². The second-order valence-electron chi connectivity index (χ2n) is 6.27. The molecule has 4 rings (SSSR count). The van der Waals surface area contributed by atoms with E-state index in [0.29, 0.717) is 13.2 Å². The minimum absolute atomic E-state index is 0.628. The lowest BCUT2D eigenvalue weighted by Gasteiger charge is -2.05. The molecule has 0 radical (unpaired) electrons. The van der Waals surface area contributed by atoms with Crippen LogP contribution < -0.4 is 0 Å². The second-order valence-corrected chi connectivity index (χ2v) is 6.27. The molecule has 0 N–H and O–H groups in total. The van der Waals surface area contributed by atoms with Crippen LogP contribution in [0.3, 0.4) is 0 Å². The topological polar surface area (TPSA) is 44.9 Å². The van der Waals surface area contributed by atoms with Gasteiger partial charge in [0.2, 0.25) is 0 Å². The molecule has 0 bridgehead atoms. The lowest BCUT2D eigenvalue weighted by molar-refractivity contribution is 0.114. The number of hydrogen-bond donors (Lipinski definition) is 0. The van der Waals surface area contributed by atoms with Crippen LogP contribution in [0, 0.1) is 0 Å². The molecule has 4 aromatic rings. The molecule has 0 amide bonds. The van der Waals surface area contributed by atoms with E-state index >= 15 is 0 Å². The van der Waals surface area contributed by atoms with Gasteiger partial charge in [0.25, 0.3) is 0 Å². The monoisotopic (exact) mass is 358 g/mol. The fourth-order valence-electron chi connectivity index (χ4n) is 2.92. The van der Waals surface area contributed by atoms with Gasteiger partial charge in [-0.2, -0.15) is 10.2 Å². The molecule has 136 valence electrons. The third-order valence-corrected chi connectivity index (χ3v) is 4.35. The Bertz CT molecular complexity index is 880. The number of hydrogen-bond acceptors (Lipinski definition) is 3. The summed E-state index contributed by atoms with van der Waals surface area (Å²) in [5.74, 6) is 0. The minimum Gasteiger partial charge on any atom is -0.378 e. The molecular formula is C22H22N4O. The maximum absolute atomic E-state index is 5.75. The first-order valence-electron chi connectivity index (χ1n) is 9.14. The second kappa shape index (κ2) is 8.47. The van der Waals surface area contributed by atoms with Gasteiger partial charge < -0.3 is 4.74 Å². The predicted octanol–water partition coefficient (Wildman–Crippen LogP) is 4.13. The van der Waals surface area contributed by atoms with E-state index in [0.717, 1.165) is 35.6 Å². The number of aromatic nitrogens is 4. The largest absolute Gasteiger partial charge is 0.378 e. The Morgan fingerprint density at radius 1 is 0.593 bits per heavy atom. The van der Waals surface area contributed by atoms with Crippen molar-refractivity contribution in [1.82, 2.24) is 19.6 Å². The van der Waals surface area contributed by atoms with Gasteiger partial charge in [0.15, 0.2) is 0 Å². The van der Waals surface area contributed by atoms with E-state index in [-0.39, 0.29) is 0 Å². The van der Waals surface area contributed by atoms with Crippen LogP contribution >= 0.6 is 0 Å². The highest BCUT2D eigenvalue weighted by Crippen LogP contribution is 2.16. The zero-order valence-electron chi connectivity index (χ0n) is 15.1. The number of rotatable bonds is 8. The third kappa shape index (κ3) is 4.51. The average molecular weight is 358 g/mol. The van der Waals surface area contributed by atoms with Gasteiger partial charge >= 0.3 is 0 Å². The fourth-order valence-corrected chi connectivity index (χ4v) is 2.92. The Hall–Kier alpha value is -3.18. The molecule has 0 atom stereocenters. The Labute approximate surface area is 158 Å². The van der Waals surface area contributed by atoms with Crippen molar-refractivity contribution in [1.29, 1.82) is 0 Å². The predicted molar refractivity (Wildman–Crippen MR) is 106 cm³/mol. The van der Waals surface area contributed by atoms with Crippen LogP contribution in [0.25, 0.3) is 22.5 Å². The molecule has 5 nitrogen and oxygen atoms in total. The Kier molecular flexibility index (Phi) is 5.41. The Morgan fingerprint density at radius 2 is 1.04 bits per heavy atom. The first kappa shape index (κ1) is 17.2. The van der Waals surface area contributed by atoms with Crippen LogP contribution in [0.5, 0.6) is 0 Å². The highest BCUT2D eigenvalue weighted by atomic mass is 16.5. The smallest absolute Gasteiger partial charge is 0.0923 e. The van der Waals surface area contributed by atoms with E-state index in [4.69, 9.17) is 4.74 Å². The summed E-state index contributed by atoms with van der Waals surface area (Å²) in [6.07, 6.45) is 3.98. The zero-order valence-corrected chi connectivity index (χ0v) is 15.1. The normalized spacial score (nSPS) is 11.0. The molecule has 0 aliphatic rings.